The predicted octanol–water partition coefficient (Wildman–Crippen LogP) is 3.04. The van der Waals surface area contributed by atoms with Crippen LogP contribution in [0.3, 0.4) is 0 Å². The number of fused-ring (bicyclic) bond motifs is 5. The summed E-state index contributed by atoms with van der Waals surface area (Å²) in [4.78, 5) is 17.6. The highest BCUT2D eigenvalue weighted by Gasteiger charge is 2.43. The minimum Gasteiger partial charge on any atom is -0.315 e. The van der Waals surface area contributed by atoms with E-state index in [4.69, 9.17) is 0 Å². The molecule has 0 saturated heterocycles. The van der Waals surface area contributed by atoms with E-state index >= 15 is 0 Å². The number of aromatic nitrogens is 3. The summed E-state index contributed by atoms with van der Waals surface area (Å²) in [5.74, 6) is 0.947. The van der Waals surface area contributed by atoms with Gasteiger partial charge in [-0.05, 0) is 23.8 Å². The standard InChI is InChI=1S/C17H13N5/c1-2-6-14-12(4-1)8-16-21(13-5-3-7-18-9-13)17-15(22(14)16)10-19-11-20-17/h1-7,9-11,16H,8H2. The van der Waals surface area contributed by atoms with E-state index in [1.165, 1.54) is 11.3 Å². The maximum absolute atomic E-state index is 4.52. The SMILES string of the molecule is c1cncc(N2c3ncncc3N3c4ccccc4CC32)c1. The van der Waals surface area contributed by atoms with Gasteiger partial charge in [0.2, 0.25) is 0 Å². The Labute approximate surface area is 127 Å². The first-order chi connectivity index (χ1) is 10.9. The molecule has 5 nitrogen and oxygen atoms in total. The molecule has 3 aromatic rings. The number of para-hydroxylation sites is 1. The summed E-state index contributed by atoms with van der Waals surface area (Å²) in [6, 6.07) is 12.6. The third-order valence-electron chi connectivity index (χ3n) is 4.33. The molecule has 0 spiro atoms. The summed E-state index contributed by atoms with van der Waals surface area (Å²) in [5.41, 5.74) is 4.72. The van der Waals surface area contributed by atoms with Crippen LogP contribution in [-0.2, 0) is 6.42 Å². The molecule has 0 saturated carbocycles. The fraction of sp³-hybridized carbons (Fsp3) is 0.118. The molecule has 2 aromatic heterocycles. The van der Waals surface area contributed by atoms with Crippen LogP contribution in [0, 0.1) is 0 Å². The number of anilines is 4. The molecule has 0 fully saturated rings. The van der Waals surface area contributed by atoms with Crippen molar-refractivity contribution in [1.29, 1.82) is 0 Å². The number of rotatable bonds is 1. The zero-order valence-corrected chi connectivity index (χ0v) is 11.8. The van der Waals surface area contributed by atoms with Crippen LogP contribution in [0.1, 0.15) is 5.56 Å². The highest BCUT2D eigenvalue weighted by Crippen LogP contribution is 2.50. The van der Waals surface area contributed by atoms with Gasteiger partial charge in [-0.2, -0.15) is 0 Å². The third-order valence-corrected chi connectivity index (χ3v) is 4.33. The van der Waals surface area contributed by atoms with Crippen molar-refractivity contribution in [2.45, 2.75) is 12.6 Å². The van der Waals surface area contributed by atoms with Crippen molar-refractivity contribution in [3.05, 3.63) is 66.9 Å². The van der Waals surface area contributed by atoms with Gasteiger partial charge in [-0.3, -0.25) is 4.98 Å². The van der Waals surface area contributed by atoms with E-state index in [2.05, 4.69) is 55.1 Å². The molecule has 0 bridgehead atoms. The fourth-order valence-corrected chi connectivity index (χ4v) is 3.47. The molecule has 1 aromatic carbocycles. The topological polar surface area (TPSA) is 45.2 Å². The molecule has 1 atom stereocenters. The van der Waals surface area contributed by atoms with Gasteiger partial charge in [-0.1, -0.05) is 18.2 Å². The average Bonchev–Trinajstić information content (AvgIpc) is 3.10. The van der Waals surface area contributed by atoms with Crippen LogP contribution in [-0.4, -0.2) is 21.1 Å². The zero-order chi connectivity index (χ0) is 14.5. The van der Waals surface area contributed by atoms with Crippen molar-refractivity contribution in [2.24, 2.45) is 0 Å². The van der Waals surface area contributed by atoms with Gasteiger partial charge in [-0.25, -0.2) is 9.97 Å². The molecule has 0 aliphatic carbocycles. The van der Waals surface area contributed by atoms with Gasteiger partial charge >= 0.3 is 0 Å². The minimum atomic E-state index is 0.202. The Bertz CT molecular complexity index is 833. The maximum Gasteiger partial charge on any atom is 0.162 e. The van der Waals surface area contributed by atoms with Gasteiger partial charge in [-0.15, -0.1) is 0 Å². The first-order valence-electron chi connectivity index (χ1n) is 7.30. The second-order valence-electron chi connectivity index (χ2n) is 5.50. The van der Waals surface area contributed by atoms with E-state index in [0.29, 0.717) is 0 Å². The van der Waals surface area contributed by atoms with Crippen LogP contribution in [0.25, 0.3) is 0 Å². The zero-order valence-electron chi connectivity index (χ0n) is 11.8. The summed E-state index contributed by atoms with van der Waals surface area (Å²) < 4.78 is 0. The summed E-state index contributed by atoms with van der Waals surface area (Å²) >= 11 is 0. The van der Waals surface area contributed by atoms with Crippen LogP contribution in [0.15, 0.2) is 61.3 Å². The lowest BCUT2D eigenvalue weighted by molar-refractivity contribution is 0.724. The van der Waals surface area contributed by atoms with Crippen molar-refractivity contribution < 1.29 is 0 Å². The lowest BCUT2D eigenvalue weighted by atomic mass is 10.1. The monoisotopic (exact) mass is 287 g/mol. The van der Waals surface area contributed by atoms with E-state index in [9.17, 15) is 0 Å². The van der Waals surface area contributed by atoms with Gasteiger partial charge in [0, 0.05) is 18.3 Å². The van der Waals surface area contributed by atoms with Gasteiger partial charge in [0.1, 0.15) is 18.2 Å². The van der Waals surface area contributed by atoms with Crippen LogP contribution < -0.4 is 9.80 Å². The predicted molar refractivity (Wildman–Crippen MR) is 84.5 cm³/mol. The van der Waals surface area contributed by atoms with E-state index in [1.54, 1.807) is 12.5 Å². The molecule has 22 heavy (non-hydrogen) atoms. The Kier molecular flexibility index (Phi) is 2.27. The van der Waals surface area contributed by atoms with E-state index in [0.717, 1.165) is 23.6 Å². The molecule has 4 heterocycles. The molecule has 0 amide bonds. The second kappa shape index (κ2) is 4.27. The van der Waals surface area contributed by atoms with Crippen molar-refractivity contribution in [3.8, 4) is 0 Å². The maximum atomic E-state index is 4.52. The van der Waals surface area contributed by atoms with Gasteiger partial charge in [0.05, 0.1) is 18.1 Å². The Hall–Kier alpha value is -2.95. The first kappa shape index (κ1) is 11.7. The summed E-state index contributed by atoms with van der Waals surface area (Å²) in [7, 11) is 0. The van der Waals surface area contributed by atoms with Crippen molar-refractivity contribution in [2.75, 3.05) is 9.80 Å². The molecule has 2 aliphatic heterocycles. The summed E-state index contributed by atoms with van der Waals surface area (Å²) in [5, 5.41) is 0. The Balaban J connectivity index is 1.73. The summed E-state index contributed by atoms with van der Waals surface area (Å²) in [6.07, 6.45) is 8.35. The molecule has 106 valence electrons. The van der Waals surface area contributed by atoms with Crippen molar-refractivity contribution in [1.82, 2.24) is 15.0 Å². The Morgan fingerprint density at radius 2 is 1.86 bits per heavy atom. The number of benzene rings is 1. The molecule has 0 N–H and O–H groups in total. The lowest BCUT2D eigenvalue weighted by Crippen LogP contribution is -2.35. The molecule has 5 rings (SSSR count). The summed E-state index contributed by atoms with van der Waals surface area (Å²) in [6.45, 7) is 0. The highest BCUT2D eigenvalue weighted by molar-refractivity contribution is 5.88. The van der Waals surface area contributed by atoms with Crippen LogP contribution in [0.2, 0.25) is 0 Å². The Morgan fingerprint density at radius 1 is 0.909 bits per heavy atom. The molecular formula is C17H13N5. The second-order valence-corrected chi connectivity index (χ2v) is 5.50. The number of pyridine rings is 1. The fourth-order valence-electron chi connectivity index (χ4n) is 3.47. The number of hydrogen-bond donors (Lipinski definition) is 0. The Morgan fingerprint density at radius 3 is 2.77 bits per heavy atom. The molecule has 1 unspecified atom stereocenters. The molecule has 5 heteroatoms. The van der Waals surface area contributed by atoms with Crippen molar-refractivity contribution >= 4 is 22.9 Å². The van der Waals surface area contributed by atoms with Crippen molar-refractivity contribution in [3.63, 3.8) is 0 Å². The normalized spacial score (nSPS) is 18.1. The minimum absolute atomic E-state index is 0.202. The smallest absolute Gasteiger partial charge is 0.162 e. The van der Waals surface area contributed by atoms with Gasteiger partial charge in [0.15, 0.2) is 5.82 Å². The van der Waals surface area contributed by atoms with Crippen LogP contribution >= 0.6 is 0 Å². The average molecular weight is 287 g/mol. The van der Waals surface area contributed by atoms with Gasteiger partial charge < -0.3 is 9.80 Å². The van der Waals surface area contributed by atoms with Crippen LogP contribution in [0.5, 0.6) is 0 Å². The van der Waals surface area contributed by atoms with Crippen LogP contribution in [0.4, 0.5) is 22.9 Å². The highest BCUT2D eigenvalue weighted by atomic mass is 15.5. The molecular weight excluding hydrogens is 274 g/mol. The number of nitrogens with zero attached hydrogens (tertiary/aromatic N) is 5. The van der Waals surface area contributed by atoms with Gasteiger partial charge in [0.25, 0.3) is 0 Å². The first-order valence-corrected chi connectivity index (χ1v) is 7.30. The largest absolute Gasteiger partial charge is 0.315 e. The van der Waals surface area contributed by atoms with E-state index < -0.39 is 0 Å². The number of hydrogen-bond acceptors (Lipinski definition) is 5. The molecule has 0 radical (unpaired) electrons. The third kappa shape index (κ3) is 1.45. The quantitative estimate of drug-likeness (QED) is 0.688. The van der Waals surface area contributed by atoms with E-state index in [-0.39, 0.29) is 6.17 Å². The molecule has 2 aliphatic rings. The lowest BCUT2D eigenvalue weighted by Gasteiger charge is -2.26. The van der Waals surface area contributed by atoms with E-state index in [1.807, 2.05) is 18.5 Å².